The summed E-state index contributed by atoms with van der Waals surface area (Å²) in [7, 11) is 0. The Morgan fingerprint density at radius 3 is 2.75 bits per heavy atom. The lowest BCUT2D eigenvalue weighted by molar-refractivity contribution is -0.147. The van der Waals surface area contributed by atoms with Crippen LogP contribution in [0.25, 0.3) is 0 Å². The summed E-state index contributed by atoms with van der Waals surface area (Å²) in [5, 5.41) is 9.04. The smallest absolute Gasteiger partial charge is 0.317 e. The lowest BCUT2D eigenvalue weighted by atomic mass is 9.80. The highest BCUT2D eigenvalue weighted by atomic mass is 79.9. The lowest BCUT2D eigenvalue weighted by Crippen LogP contribution is -2.44. The molecule has 0 saturated carbocycles. The summed E-state index contributed by atoms with van der Waals surface area (Å²) in [5.41, 5.74) is 0.684. The predicted octanol–water partition coefficient (Wildman–Crippen LogP) is 3.19. The van der Waals surface area contributed by atoms with Crippen LogP contribution in [0.15, 0.2) is 30.9 Å². The average Bonchev–Trinajstić information content (AvgIpc) is 2.87. The van der Waals surface area contributed by atoms with Crippen molar-refractivity contribution in [3.63, 3.8) is 0 Å². The second-order valence-corrected chi connectivity index (χ2v) is 9.25. The highest BCUT2D eigenvalue weighted by Crippen LogP contribution is 2.55. The van der Waals surface area contributed by atoms with Gasteiger partial charge >= 0.3 is 16.8 Å². The zero-order chi connectivity index (χ0) is 17.2. The van der Waals surface area contributed by atoms with Gasteiger partial charge in [-0.05, 0) is 28.1 Å². The summed E-state index contributed by atoms with van der Waals surface area (Å²) in [6.07, 6.45) is 0. The number of carboxylic acid groups (broad SMARTS) is 1. The summed E-state index contributed by atoms with van der Waals surface area (Å²) < 4.78 is 6.78. The number of thiazole rings is 1. The third kappa shape index (κ3) is 2.39. The molecule has 2 aliphatic rings. The first kappa shape index (κ1) is 16.4. The molecule has 2 aliphatic heterocycles. The van der Waals surface area contributed by atoms with E-state index in [1.165, 1.54) is 0 Å². The maximum absolute atomic E-state index is 12.5. The lowest BCUT2D eigenvalue weighted by Gasteiger charge is -2.37. The van der Waals surface area contributed by atoms with Crippen LogP contribution >= 0.6 is 55.0 Å². The van der Waals surface area contributed by atoms with Crippen LogP contribution in [-0.4, -0.2) is 27.3 Å². The molecular weight excluding hydrogens is 486 g/mol. The number of benzene rings is 1. The predicted molar refractivity (Wildman–Crippen MR) is 95.0 cm³/mol. The number of aliphatic carboxylic acids is 1. The number of hydrogen-bond donors (Lipinski definition) is 2. The van der Waals surface area contributed by atoms with Gasteiger partial charge in [0.2, 0.25) is 0 Å². The standard InChI is InChI=1S/C14H7Br2NO5S2/c15-3-1-4-6-7(13(20)22-8(4)5(16)2-3)10(12(18)19)23-11-9(6)24-14(21)17-11/h1-2,6-7,10H,(H,17,21)(H,18,19)/t6-,7-,10+/m0/s1. The molecule has 2 N–H and O–H groups in total. The van der Waals surface area contributed by atoms with E-state index >= 15 is 0 Å². The van der Waals surface area contributed by atoms with Crippen molar-refractivity contribution in [1.82, 2.24) is 4.98 Å². The summed E-state index contributed by atoms with van der Waals surface area (Å²) in [6, 6.07) is 3.55. The van der Waals surface area contributed by atoms with Crippen molar-refractivity contribution in [2.75, 3.05) is 0 Å². The summed E-state index contributed by atoms with van der Waals surface area (Å²) >= 11 is 8.77. The molecule has 0 bridgehead atoms. The molecule has 0 saturated heterocycles. The van der Waals surface area contributed by atoms with Gasteiger partial charge in [-0.3, -0.25) is 14.4 Å². The quantitative estimate of drug-likeness (QED) is 0.468. The first-order valence-corrected chi connectivity index (χ1v) is 9.98. The molecule has 2 aromatic rings. The van der Waals surface area contributed by atoms with Gasteiger partial charge in [-0.15, -0.1) is 0 Å². The van der Waals surface area contributed by atoms with E-state index in [2.05, 4.69) is 36.8 Å². The Balaban J connectivity index is 2.02. The van der Waals surface area contributed by atoms with Gasteiger partial charge in [-0.25, -0.2) is 0 Å². The number of aromatic amines is 1. The van der Waals surface area contributed by atoms with Crippen molar-refractivity contribution < 1.29 is 19.4 Å². The Kier molecular flexibility index (Phi) is 3.90. The fourth-order valence-corrected chi connectivity index (χ4v) is 6.78. The highest BCUT2D eigenvalue weighted by Gasteiger charge is 2.52. The van der Waals surface area contributed by atoms with E-state index in [1.807, 2.05) is 0 Å². The van der Waals surface area contributed by atoms with Crippen molar-refractivity contribution in [2.24, 2.45) is 5.92 Å². The fourth-order valence-electron chi connectivity index (χ4n) is 3.04. The summed E-state index contributed by atoms with van der Waals surface area (Å²) in [5.74, 6) is -2.76. The number of carbonyl (C=O) groups excluding carboxylic acids is 1. The zero-order valence-corrected chi connectivity index (χ0v) is 16.3. The number of esters is 1. The Bertz CT molecular complexity index is 953. The van der Waals surface area contributed by atoms with Crippen LogP contribution in [0.4, 0.5) is 0 Å². The van der Waals surface area contributed by atoms with Crippen molar-refractivity contribution in [3.05, 3.63) is 41.2 Å². The molecule has 3 atom stereocenters. The SMILES string of the molecule is O=C1Oc2c(Br)cc(Br)cc2[C@@H]2c3sc(=O)[nH]c3S[C@@H](C(=O)O)[C@@H]12. The highest BCUT2D eigenvalue weighted by molar-refractivity contribution is 9.11. The van der Waals surface area contributed by atoms with E-state index in [1.54, 1.807) is 12.1 Å². The summed E-state index contributed by atoms with van der Waals surface area (Å²) in [6.45, 7) is 0. The third-order valence-electron chi connectivity index (χ3n) is 3.94. The number of aromatic nitrogens is 1. The number of thioether (sulfide) groups is 1. The molecule has 0 unspecified atom stereocenters. The van der Waals surface area contributed by atoms with Crippen LogP contribution in [0.5, 0.6) is 5.75 Å². The minimum absolute atomic E-state index is 0.271. The van der Waals surface area contributed by atoms with E-state index in [0.29, 0.717) is 25.7 Å². The van der Waals surface area contributed by atoms with Gasteiger partial charge < -0.3 is 14.8 Å². The Hall–Kier alpha value is -1.10. The van der Waals surface area contributed by atoms with Crippen molar-refractivity contribution in [1.29, 1.82) is 0 Å². The van der Waals surface area contributed by atoms with Gasteiger partial charge in [0.1, 0.15) is 11.0 Å². The van der Waals surface area contributed by atoms with Gasteiger partial charge in [0.05, 0.1) is 15.4 Å². The number of halogens is 2. The first-order valence-electron chi connectivity index (χ1n) is 6.70. The molecule has 6 nitrogen and oxygen atoms in total. The molecule has 0 fully saturated rings. The fraction of sp³-hybridized carbons (Fsp3) is 0.214. The van der Waals surface area contributed by atoms with E-state index in [9.17, 15) is 19.5 Å². The first-order chi connectivity index (χ1) is 11.4. The molecule has 0 aliphatic carbocycles. The molecule has 1 aromatic heterocycles. The van der Waals surface area contributed by atoms with E-state index in [-0.39, 0.29) is 4.87 Å². The molecule has 0 spiro atoms. The number of ether oxygens (including phenoxy) is 1. The van der Waals surface area contributed by atoms with Gasteiger partial charge in [0.15, 0.2) is 0 Å². The number of hydrogen-bond acceptors (Lipinski definition) is 6. The molecule has 1 aromatic carbocycles. The normalized spacial score (nSPS) is 24.6. The zero-order valence-electron chi connectivity index (χ0n) is 11.5. The molecular formula is C14H7Br2NO5S2. The van der Waals surface area contributed by atoms with Crippen LogP contribution in [0.1, 0.15) is 16.4 Å². The van der Waals surface area contributed by atoms with Crippen LogP contribution in [0.2, 0.25) is 0 Å². The van der Waals surface area contributed by atoms with Crippen LogP contribution in [0, 0.1) is 5.92 Å². The van der Waals surface area contributed by atoms with Crippen molar-refractivity contribution in [3.8, 4) is 5.75 Å². The number of rotatable bonds is 1. The molecule has 4 rings (SSSR count). The number of H-pyrrole nitrogens is 1. The molecule has 124 valence electrons. The second kappa shape index (κ2) is 5.72. The topological polar surface area (TPSA) is 96.5 Å². The number of carbonyl (C=O) groups is 2. The van der Waals surface area contributed by atoms with E-state index in [0.717, 1.165) is 27.6 Å². The van der Waals surface area contributed by atoms with Crippen molar-refractivity contribution >= 4 is 66.9 Å². The van der Waals surface area contributed by atoms with Crippen LogP contribution < -0.4 is 9.61 Å². The number of carboxylic acids is 1. The van der Waals surface area contributed by atoms with Gasteiger partial charge in [-0.2, -0.15) is 0 Å². The number of fused-ring (bicyclic) bond motifs is 5. The number of nitrogens with one attached hydrogen (secondary N) is 1. The Morgan fingerprint density at radius 2 is 2.04 bits per heavy atom. The Morgan fingerprint density at radius 1 is 1.29 bits per heavy atom. The van der Waals surface area contributed by atoms with E-state index < -0.39 is 29.0 Å². The van der Waals surface area contributed by atoms with Gasteiger partial charge in [0.25, 0.3) is 0 Å². The van der Waals surface area contributed by atoms with Crippen LogP contribution in [0.3, 0.4) is 0 Å². The average molecular weight is 493 g/mol. The minimum Gasteiger partial charge on any atom is -0.480 e. The molecule has 0 radical (unpaired) electrons. The van der Waals surface area contributed by atoms with Gasteiger partial charge in [0, 0.05) is 20.8 Å². The summed E-state index contributed by atoms with van der Waals surface area (Å²) in [4.78, 5) is 39.1. The van der Waals surface area contributed by atoms with Crippen molar-refractivity contribution in [2.45, 2.75) is 16.2 Å². The third-order valence-corrected chi connectivity index (χ3v) is 7.39. The molecule has 24 heavy (non-hydrogen) atoms. The largest absolute Gasteiger partial charge is 0.480 e. The molecule has 3 heterocycles. The monoisotopic (exact) mass is 491 g/mol. The van der Waals surface area contributed by atoms with E-state index in [4.69, 9.17) is 4.74 Å². The molecule has 0 amide bonds. The maximum Gasteiger partial charge on any atom is 0.317 e. The maximum atomic E-state index is 12.5. The minimum atomic E-state index is -1.11. The van der Waals surface area contributed by atoms with Gasteiger partial charge in [-0.1, -0.05) is 39.0 Å². The Labute approximate surface area is 159 Å². The van der Waals surface area contributed by atoms with Crippen LogP contribution in [-0.2, 0) is 9.59 Å². The molecule has 10 heteroatoms. The second-order valence-electron chi connectivity index (χ2n) is 5.32.